The lowest BCUT2D eigenvalue weighted by molar-refractivity contribution is -0.378. The molecule has 0 radical (unpaired) electrons. The summed E-state index contributed by atoms with van der Waals surface area (Å²) in [6, 6.07) is 3.37. The van der Waals surface area contributed by atoms with E-state index in [1.807, 2.05) is 0 Å². The zero-order chi connectivity index (χ0) is 6.69. The number of H-pyrrole nitrogens is 1. The smallest absolute Gasteiger partial charge is 0.254 e. The number of hydrogen-bond donors (Lipinski definition) is 1. The van der Waals surface area contributed by atoms with Gasteiger partial charge in [-0.25, -0.2) is 4.98 Å². The molecule has 0 saturated carbocycles. The lowest BCUT2D eigenvalue weighted by atomic mass is 10.3. The highest BCUT2D eigenvalue weighted by atomic mass is 16.1. The van der Waals surface area contributed by atoms with E-state index in [9.17, 15) is 4.79 Å². The summed E-state index contributed by atoms with van der Waals surface area (Å²) in [4.78, 5) is 13.1. The highest BCUT2D eigenvalue weighted by molar-refractivity contribution is 5.92. The van der Waals surface area contributed by atoms with Gasteiger partial charge in [0.2, 0.25) is 0 Å². The molecule has 3 heteroatoms. The van der Waals surface area contributed by atoms with Crippen molar-refractivity contribution >= 4 is 5.91 Å². The first-order chi connectivity index (χ1) is 4.30. The molecule has 0 saturated heterocycles. The van der Waals surface area contributed by atoms with Crippen LogP contribution in [-0.2, 0) is 0 Å². The molecule has 3 nitrogen and oxygen atoms in total. The molecule has 46 valence electrons. The van der Waals surface area contributed by atoms with E-state index in [1.165, 1.54) is 0 Å². The molecule has 3 N–H and O–H groups in total. The Kier molecular flexibility index (Phi) is 1.44. The number of nitrogens with two attached hydrogens (primary N) is 1. The summed E-state index contributed by atoms with van der Waals surface area (Å²) in [7, 11) is 0. The zero-order valence-corrected chi connectivity index (χ0v) is 4.79. The van der Waals surface area contributed by atoms with Crippen LogP contribution in [0.2, 0.25) is 0 Å². The Morgan fingerprint density at radius 1 is 1.67 bits per heavy atom. The standard InChI is InChI=1S/C6H6N2O/c7-6(9)5-2-1-3-8-4-5/h1-4H,(H2,7,9)/p+1/i8+1. The van der Waals surface area contributed by atoms with E-state index >= 15 is 0 Å². The van der Waals surface area contributed by atoms with Crippen molar-refractivity contribution in [1.82, 2.24) is 0 Å². The van der Waals surface area contributed by atoms with E-state index in [-0.39, 0.29) is 0 Å². The Morgan fingerprint density at radius 2 is 2.44 bits per heavy atom. The van der Waals surface area contributed by atoms with E-state index in [0.717, 1.165) is 0 Å². The highest BCUT2D eigenvalue weighted by Crippen LogP contribution is 1.88. The minimum absolute atomic E-state index is 0.410. The number of aromatic amines is 1. The highest BCUT2D eigenvalue weighted by Gasteiger charge is 1.98. The van der Waals surface area contributed by atoms with Crippen molar-refractivity contribution in [2.24, 2.45) is 5.73 Å². The molecule has 1 rings (SSSR count). The van der Waals surface area contributed by atoms with Crippen molar-refractivity contribution in [3.8, 4) is 0 Å². The van der Waals surface area contributed by atoms with E-state index in [1.54, 1.807) is 24.5 Å². The molecule has 9 heavy (non-hydrogen) atoms. The van der Waals surface area contributed by atoms with E-state index in [0.29, 0.717) is 5.56 Å². The Bertz CT molecular complexity index is 208. The van der Waals surface area contributed by atoms with Gasteiger partial charge in [-0.3, -0.25) is 4.79 Å². The van der Waals surface area contributed by atoms with Crippen molar-refractivity contribution in [3.63, 3.8) is 0 Å². The molecular formula is C6H7N2O+. The summed E-state index contributed by atoms with van der Waals surface area (Å²) in [5.74, 6) is -0.410. The van der Waals surface area contributed by atoms with Gasteiger partial charge in [0.1, 0.15) is 5.56 Å². The largest absolute Gasteiger partial charge is 0.365 e. The Balaban J connectivity index is 2.98. The van der Waals surface area contributed by atoms with Gasteiger partial charge in [-0.1, -0.05) is 0 Å². The topological polar surface area (TPSA) is 57.2 Å². The van der Waals surface area contributed by atoms with Crippen LogP contribution < -0.4 is 10.7 Å². The molecule has 0 aliphatic heterocycles. The molecule has 0 bridgehead atoms. The minimum Gasteiger partial charge on any atom is -0.365 e. The van der Waals surface area contributed by atoms with Crippen LogP contribution in [0, 0.1) is 0 Å². The third-order valence-corrected chi connectivity index (χ3v) is 0.992. The van der Waals surface area contributed by atoms with Crippen molar-refractivity contribution < 1.29 is 9.78 Å². The van der Waals surface area contributed by atoms with Gasteiger partial charge in [-0.15, -0.1) is 0 Å². The maximum atomic E-state index is 10.4. The van der Waals surface area contributed by atoms with Crippen molar-refractivity contribution in [2.75, 3.05) is 0 Å². The molecule has 1 aromatic heterocycles. The van der Waals surface area contributed by atoms with Crippen molar-refractivity contribution in [1.29, 1.82) is 0 Å². The Morgan fingerprint density at radius 3 is 2.78 bits per heavy atom. The van der Waals surface area contributed by atoms with Gasteiger partial charge in [0.05, 0.1) is 0 Å². The predicted octanol–water partition coefficient (Wildman–Crippen LogP) is -0.400. The molecule has 0 aliphatic rings. The number of nitrogens with one attached hydrogen (secondary N) is 1. The molecule has 1 amide bonds. The van der Waals surface area contributed by atoms with Crippen LogP contribution >= 0.6 is 0 Å². The molecule has 0 atom stereocenters. The molecule has 0 spiro atoms. The van der Waals surface area contributed by atoms with Gasteiger partial charge in [0, 0.05) is 6.07 Å². The first-order valence-corrected chi connectivity index (χ1v) is 2.56. The molecule has 0 aromatic carbocycles. The molecular weight excluding hydrogens is 117 g/mol. The first-order valence-electron chi connectivity index (χ1n) is 2.56. The number of amides is 1. The van der Waals surface area contributed by atoms with Crippen LogP contribution in [0.15, 0.2) is 24.5 Å². The van der Waals surface area contributed by atoms with Crippen LogP contribution in [0.1, 0.15) is 10.4 Å². The maximum Gasteiger partial charge on any atom is 0.254 e. The Labute approximate surface area is 52.5 Å². The summed E-state index contributed by atoms with van der Waals surface area (Å²) < 4.78 is 0. The van der Waals surface area contributed by atoms with Crippen LogP contribution in [-0.4, -0.2) is 5.91 Å². The summed E-state index contributed by atoms with van der Waals surface area (Å²) in [6.07, 6.45) is 3.27. The minimum atomic E-state index is -0.410. The number of carbonyl (C=O) groups is 1. The van der Waals surface area contributed by atoms with Crippen molar-refractivity contribution in [3.05, 3.63) is 30.1 Å². The van der Waals surface area contributed by atoms with Gasteiger partial charge in [-0.05, 0) is 6.07 Å². The quantitative estimate of drug-likeness (QED) is 0.544. The fraction of sp³-hybridized carbons (Fsp3) is 0. The van der Waals surface area contributed by atoms with Gasteiger partial charge >= 0.3 is 0 Å². The average molecular weight is 124 g/mol. The van der Waals surface area contributed by atoms with Gasteiger partial charge in [-0.2, -0.15) is 0 Å². The third-order valence-electron chi connectivity index (χ3n) is 0.992. The van der Waals surface area contributed by atoms with Gasteiger partial charge in [0.25, 0.3) is 5.91 Å². The molecule has 1 heterocycles. The summed E-state index contributed by atoms with van der Waals surface area (Å²) in [5.41, 5.74) is 5.45. The summed E-state index contributed by atoms with van der Waals surface area (Å²) in [6.45, 7) is 0. The Hall–Kier alpha value is -1.38. The number of carbonyl (C=O) groups excluding carboxylic acids is 1. The maximum absolute atomic E-state index is 10.4. The average Bonchev–Trinajstić information content (AvgIpc) is 1.90. The number of primary amides is 1. The van der Waals surface area contributed by atoms with Gasteiger partial charge < -0.3 is 5.73 Å². The number of aromatic nitrogens is 1. The van der Waals surface area contributed by atoms with Gasteiger partial charge in [0.15, 0.2) is 12.4 Å². The molecule has 1 aromatic rings. The lowest BCUT2D eigenvalue weighted by Crippen LogP contribution is -2.14. The van der Waals surface area contributed by atoms with Crippen LogP contribution in [0.4, 0.5) is 0 Å². The van der Waals surface area contributed by atoms with E-state index in [4.69, 9.17) is 5.73 Å². The molecule has 0 aliphatic carbocycles. The normalized spacial score (nSPS) is 8.89. The van der Waals surface area contributed by atoms with E-state index in [2.05, 4.69) is 4.98 Å². The summed E-state index contributed by atoms with van der Waals surface area (Å²) >= 11 is 0. The molecule has 0 fully saturated rings. The SMILES string of the molecule is NC(=O)c1ccc[15nH+]c1. The van der Waals surface area contributed by atoms with E-state index < -0.39 is 5.91 Å². The van der Waals surface area contributed by atoms with Crippen LogP contribution in [0.25, 0.3) is 0 Å². The fourth-order valence-corrected chi connectivity index (χ4v) is 0.547. The van der Waals surface area contributed by atoms with Crippen LogP contribution in [0.5, 0.6) is 0 Å². The number of rotatable bonds is 1. The first kappa shape index (κ1) is 5.75. The fourth-order valence-electron chi connectivity index (χ4n) is 0.547. The third kappa shape index (κ3) is 1.25. The monoisotopic (exact) mass is 124 g/mol. The van der Waals surface area contributed by atoms with Crippen LogP contribution in [0.3, 0.4) is 0 Å². The predicted molar refractivity (Wildman–Crippen MR) is 31.5 cm³/mol. The lowest BCUT2D eigenvalue weighted by Gasteiger charge is -1.84. The van der Waals surface area contributed by atoms with Crippen molar-refractivity contribution in [2.45, 2.75) is 0 Å². The second-order valence-corrected chi connectivity index (χ2v) is 1.66. The number of pyridine rings is 1. The second kappa shape index (κ2) is 2.26. The summed E-state index contributed by atoms with van der Waals surface area (Å²) in [5, 5.41) is 0. The second-order valence-electron chi connectivity index (χ2n) is 1.66. The molecule has 0 unspecified atom stereocenters. The zero-order valence-electron chi connectivity index (χ0n) is 4.79. The number of hydrogen-bond acceptors (Lipinski definition) is 1.